The largest absolute Gasteiger partial charge is 0.507 e. The Kier molecular flexibility index (Phi) is 8.13. The predicted octanol–water partition coefficient (Wildman–Crippen LogP) is 0.276. The molecule has 0 saturated carbocycles. The van der Waals surface area contributed by atoms with Gasteiger partial charge in [-0.1, -0.05) is 0 Å². The van der Waals surface area contributed by atoms with Gasteiger partial charge in [0.15, 0.2) is 24.6 Å². The number of carbonyl (C=O) groups is 5. The van der Waals surface area contributed by atoms with E-state index in [0.717, 1.165) is 33.9 Å². The molecular formula is C20H22O12. The van der Waals surface area contributed by atoms with Gasteiger partial charge in [0, 0.05) is 26.8 Å². The third-order valence-electron chi connectivity index (χ3n) is 4.22. The molecule has 1 heterocycles. The number of ether oxygens (including phenoxy) is 6. The number of hydrogen-bond donors (Lipinski definition) is 1. The van der Waals surface area contributed by atoms with Crippen molar-refractivity contribution < 1.29 is 57.5 Å². The second-order valence-electron chi connectivity index (χ2n) is 6.63. The molecule has 0 radical (unpaired) electrons. The molecular weight excluding hydrogens is 432 g/mol. The first-order valence-electron chi connectivity index (χ1n) is 9.27. The van der Waals surface area contributed by atoms with Crippen LogP contribution in [0.15, 0.2) is 18.2 Å². The van der Waals surface area contributed by atoms with E-state index >= 15 is 0 Å². The minimum absolute atomic E-state index is 0.0152. The molecule has 0 bridgehead atoms. The average Bonchev–Trinajstić information content (AvgIpc) is 2.70. The molecule has 1 aromatic carbocycles. The van der Waals surface area contributed by atoms with E-state index in [-0.39, 0.29) is 11.3 Å². The summed E-state index contributed by atoms with van der Waals surface area (Å²) in [6.45, 7) is 3.18. The minimum atomic E-state index is -1.62. The molecule has 12 nitrogen and oxygen atoms in total. The van der Waals surface area contributed by atoms with Crippen molar-refractivity contribution in [2.75, 3.05) is 7.11 Å². The number of phenolic OH excluding ortho intramolecular Hbond substituents is 1. The standard InChI is InChI=1S/C20H22O12/c1-9(22)28-15-16(29-10(2)23)18(30-11(3)24)20(32-17(15)19(26)27-4)31-13-6-5-12(8-21)14(25)7-13/h5-8,15-18,20,25H,1-4H3. The smallest absolute Gasteiger partial charge is 0.339 e. The molecule has 12 heteroatoms. The van der Waals surface area contributed by atoms with E-state index in [1.807, 2.05) is 0 Å². The zero-order valence-electron chi connectivity index (χ0n) is 17.6. The number of aldehydes is 1. The third-order valence-corrected chi connectivity index (χ3v) is 4.22. The van der Waals surface area contributed by atoms with Crippen molar-refractivity contribution in [2.24, 2.45) is 0 Å². The van der Waals surface area contributed by atoms with Crippen LogP contribution in [0, 0.1) is 0 Å². The second-order valence-corrected chi connectivity index (χ2v) is 6.63. The van der Waals surface area contributed by atoms with Crippen LogP contribution < -0.4 is 4.74 Å². The summed E-state index contributed by atoms with van der Waals surface area (Å²) in [6.07, 6.45) is -7.29. The number of carbonyl (C=O) groups excluding carboxylic acids is 5. The number of aromatic hydroxyl groups is 1. The summed E-state index contributed by atoms with van der Waals surface area (Å²) in [6, 6.07) is 3.65. The normalized spacial score (nSPS) is 24.6. The summed E-state index contributed by atoms with van der Waals surface area (Å²) < 4.78 is 31.4. The number of phenols is 1. The summed E-state index contributed by atoms with van der Waals surface area (Å²) in [5, 5.41) is 9.88. The Balaban J connectivity index is 2.51. The first-order valence-corrected chi connectivity index (χ1v) is 9.27. The van der Waals surface area contributed by atoms with Crippen molar-refractivity contribution in [1.29, 1.82) is 0 Å². The number of rotatable bonds is 7. The summed E-state index contributed by atoms with van der Waals surface area (Å²) in [5.41, 5.74) is -0.0152. The highest BCUT2D eigenvalue weighted by Gasteiger charge is 2.55. The van der Waals surface area contributed by atoms with Crippen LogP contribution in [0.25, 0.3) is 0 Å². The molecule has 0 amide bonds. The molecule has 32 heavy (non-hydrogen) atoms. The van der Waals surface area contributed by atoms with Gasteiger partial charge < -0.3 is 33.5 Å². The van der Waals surface area contributed by atoms with Crippen LogP contribution in [0.3, 0.4) is 0 Å². The van der Waals surface area contributed by atoms with Crippen LogP contribution in [0.1, 0.15) is 31.1 Å². The Morgan fingerprint density at radius 1 is 0.938 bits per heavy atom. The monoisotopic (exact) mass is 454 g/mol. The maximum absolute atomic E-state index is 12.3. The van der Waals surface area contributed by atoms with Gasteiger partial charge in [-0.25, -0.2) is 4.79 Å². The molecule has 1 fully saturated rings. The summed E-state index contributed by atoms with van der Waals surface area (Å²) in [4.78, 5) is 58.3. The molecule has 5 unspecified atom stereocenters. The number of hydrogen-bond acceptors (Lipinski definition) is 12. The van der Waals surface area contributed by atoms with Crippen molar-refractivity contribution in [1.82, 2.24) is 0 Å². The van der Waals surface area contributed by atoms with E-state index in [1.54, 1.807) is 0 Å². The number of benzene rings is 1. The van der Waals surface area contributed by atoms with Crippen LogP contribution in [0.4, 0.5) is 0 Å². The zero-order valence-corrected chi connectivity index (χ0v) is 17.6. The van der Waals surface area contributed by atoms with Crippen molar-refractivity contribution >= 4 is 30.2 Å². The van der Waals surface area contributed by atoms with Crippen LogP contribution in [-0.2, 0) is 42.9 Å². The lowest BCUT2D eigenvalue weighted by Crippen LogP contribution is -2.64. The topological polar surface area (TPSA) is 161 Å². The van der Waals surface area contributed by atoms with Crippen LogP contribution in [-0.4, -0.2) is 73.1 Å². The van der Waals surface area contributed by atoms with Gasteiger partial charge in [-0.2, -0.15) is 0 Å². The average molecular weight is 454 g/mol. The van der Waals surface area contributed by atoms with Gasteiger partial charge in [-0.05, 0) is 12.1 Å². The summed E-state index contributed by atoms with van der Waals surface area (Å²) in [5.74, 6) is -3.91. The molecule has 0 aromatic heterocycles. The van der Waals surface area contributed by atoms with Crippen molar-refractivity contribution in [2.45, 2.75) is 51.5 Å². The molecule has 1 aliphatic rings. The molecule has 5 atom stereocenters. The Hall–Kier alpha value is -3.67. The van der Waals surface area contributed by atoms with E-state index in [2.05, 4.69) is 4.74 Å². The lowest BCUT2D eigenvalue weighted by molar-refractivity contribution is -0.282. The quantitative estimate of drug-likeness (QED) is 0.341. The van der Waals surface area contributed by atoms with E-state index in [4.69, 9.17) is 23.7 Å². The van der Waals surface area contributed by atoms with E-state index < -0.39 is 60.3 Å². The van der Waals surface area contributed by atoms with Crippen LogP contribution >= 0.6 is 0 Å². The van der Waals surface area contributed by atoms with Gasteiger partial charge in [0.25, 0.3) is 0 Å². The highest BCUT2D eigenvalue weighted by Crippen LogP contribution is 2.32. The first-order chi connectivity index (χ1) is 15.1. The molecule has 1 aromatic rings. The fourth-order valence-corrected chi connectivity index (χ4v) is 3.01. The van der Waals surface area contributed by atoms with Gasteiger partial charge in [0.05, 0.1) is 12.7 Å². The van der Waals surface area contributed by atoms with Gasteiger partial charge >= 0.3 is 23.9 Å². The number of methoxy groups -OCH3 is 1. The molecule has 1 aliphatic heterocycles. The maximum Gasteiger partial charge on any atom is 0.339 e. The Morgan fingerprint density at radius 2 is 1.50 bits per heavy atom. The van der Waals surface area contributed by atoms with Gasteiger partial charge in [-0.3, -0.25) is 19.2 Å². The lowest BCUT2D eigenvalue weighted by atomic mass is 9.97. The highest BCUT2D eigenvalue weighted by molar-refractivity contribution is 5.79. The second kappa shape index (κ2) is 10.6. The Labute approximate surface area is 182 Å². The predicted molar refractivity (Wildman–Crippen MR) is 101 cm³/mol. The van der Waals surface area contributed by atoms with Crippen molar-refractivity contribution in [3.05, 3.63) is 23.8 Å². The third kappa shape index (κ3) is 5.94. The van der Waals surface area contributed by atoms with Crippen molar-refractivity contribution in [3.8, 4) is 11.5 Å². The first kappa shape index (κ1) is 24.6. The van der Waals surface area contributed by atoms with Crippen LogP contribution in [0.2, 0.25) is 0 Å². The fraction of sp³-hybridized carbons (Fsp3) is 0.450. The SMILES string of the molecule is COC(=O)C1OC(Oc2ccc(C=O)c(O)c2)C(OC(C)=O)C(OC(C)=O)C1OC(C)=O. The van der Waals surface area contributed by atoms with Gasteiger partial charge in [0.1, 0.15) is 11.5 Å². The fourth-order valence-electron chi connectivity index (χ4n) is 3.01. The lowest BCUT2D eigenvalue weighted by Gasteiger charge is -2.43. The molecule has 1 N–H and O–H groups in total. The summed E-state index contributed by atoms with van der Waals surface area (Å²) in [7, 11) is 1.06. The highest BCUT2D eigenvalue weighted by atomic mass is 16.7. The van der Waals surface area contributed by atoms with Crippen molar-refractivity contribution in [3.63, 3.8) is 0 Å². The van der Waals surface area contributed by atoms with E-state index in [0.29, 0.717) is 6.29 Å². The molecule has 0 spiro atoms. The molecule has 174 valence electrons. The van der Waals surface area contributed by atoms with Gasteiger partial charge in [-0.15, -0.1) is 0 Å². The molecule has 1 saturated heterocycles. The maximum atomic E-state index is 12.3. The molecule has 0 aliphatic carbocycles. The number of esters is 4. The van der Waals surface area contributed by atoms with Crippen LogP contribution in [0.5, 0.6) is 11.5 Å². The zero-order chi connectivity index (χ0) is 24.0. The van der Waals surface area contributed by atoms with E-state index in [9.17, 15) is 29.1 Å². The molecule has 2 rings (SSSR count). The minimum Gasteiger partial charge on any atom is -0.507 e. The Bertz CT molecular complexity index is 895. The van der Waals surface area contributed by atoms with Gasteiger partial charge in [0.2, 0.25) is 12.4 Å². The van der Waals surface area contributed by atoms with E-state index in [1.165, 1.54) is 12.1 Å². The summed E-state index contributed by atoms with van der Waals surface area (Å²) >= 11 is 0. The Morgan fingerprint density at radius 3 is 2.00 bits per heavy atom.